The number of ether oxygens (including phenoxy) is 1. The first kappa shape index (κ1) is 24.6. The van der Waals surface area contributed by atoms with Gasteiger partial charge in [0, 0.05) is 36.8 Å². The Hall–Kier alpha value is -2.07. The van der Waals surface area contributed by atoms with Gasteiger partial charge in [-0.15, -0.1) is 11.8 Å². The van der Waals surface area contributed by atoms with Gasteiger partial charge in [0.2, 0.25) is 10.0 Å². The number of piperazine rings is 1. The summed E-state index contributed by atoms with van der Waals surface area (Å²) < 4.78 is 31.7. The molecule has 7 nitrogen and oxygen atoms in total. The van der Waals surface area contributed by atoms with Crippen molar-refractivity contribution in [3.8, 4) is 0 Å². The molecule has 3 rings (SSSR count). The number of carbonyl (C=O) groups excluding carboxylic acids is 2. The predicted octanol–water partition coefficient (Wildman–Crippen LogP) is 3.04. The quantitative estimate of drug-likeness (QED) is 0.392. The highest BCUT2D eigenvalue weighted by molar-refractivity contribution is 7.99. The molecule has 0 spiro atoms. The Labute approximate surface area is 197 Å². The van der Waals surface area contributed by atoms with Crippen LogP contribution in [0.15, 0.2) is 59.5 Å². The van der Waals surface area contributed by atoms with Crippen LogP contribution in [-0.2, 0) is 30.1 Å². The van der Waals surface area contributed by atoms with Crippen molar-refractivity contribution in [2.75, 3.05) is 38.5 Å². The molecule has 1 aliphatic heterocycles. The fourth-order valence-electron chi connectivity index (χ4n) is 3.20. The van der Waals surface area contributed by atoms with E-state index in [4.69, 9.17) is 16.3 Å². The van der Waals surface area contributed by atoms with E-state index in [0.717, 1.165) is 10.5 Å². The molecule has 0 unspecified atom stereocenters. The first-order valence-corrected chi connectivity index (χ1v) is 13.1. The molecule has 0 N–H and O–H groups in total. The van der Waals surface area contributed by atoms with E-state index in [9.17, 15) is 18.0 Å². The van der Waals surface area contributed by atoms with Crippen LogP contribution in [0.5, 0.6) is 0 Å². The van der Waals surface area contributed by atoms with E-state index in [-0.39, 0.29) is 50.9 Å². The molecule has 2 aromatic carbocycles. The number of halogens is 1. The van der Waals surface area contributed by atoms with E-state index >= 15 is 0 Å². The topological polar surface area (TPSA) is 84.0 Å². The van der Waals surface area contributed by atoms with Crippen LogP contribution in [0, 0.1) is 0 Å². The molecule has 0 atom stereocenters. The number of sulfonamides is 1. The molecule has 0 bridgehead atoms. The number of esters is 1. The van der Waals surface area contributed by atoms with E-state index < -0.39 is 16.0 Å². The highest BCUT2D eigenvalue weighted by Gasteiger charge is 2.29. The predicted molar refractivity (Wildman–Crippen MR) is 125 cm³/mol. The maximum Gasteiger partial charge on any atom is 0.307 e. The molecule has 0 aliphatic carbocycles. The molecular weight excluding hydrogens is 472 g/mol. The Bertz CT molecular complexity index is 1030. The maximum atomic E-state index is 12.6. The van der Waals surface area contributed by atoms with E-state index in [1.807, 2.05) is 24.3 Å². The second kappa shape index (κ2) is 11.7. The minimum atomic E-state index is -3.45. The lowest BCUT2D eigenvalue weighted by atomic mass is 10.2. The van der Waals surface area contributed by atoms with Gasteiger partial charge in [0.05, 0.1) is 17.2 Å². The molecule has 1 amide bonds. The average Bonchev–Trinajstić information content (AvgIpc) is 2.79. The fourth-order valence-corrected chi connectivity index (χ4v) is 5.89. The molecule has 0 aromatic heterocycles. The standard InChI is InChI=1S/C22H25ClN2O5S2/c23-19-8-4-5-9-20(19)31-15-10-22(27)30-16-21(26)24-11-13-25(14-12-24)32(28,29)17-18-6-2-1-3-7-18/h1-9H,10-17H2. The molecule has 0 saturated carbocycles. The summed E-state index contributed by atoms with van der Waals surface area (Å²) in [6.45, 7) is 0.651. The molecule has 1 aliphatic rings. The van der Waals surface area contributed by atoms with Crippen molar-refractivity contribution in [3.05, 3.63) is 65.2 Å². The zero-order valence-corrected chi connectivity index (χ0v) is 19.9. The van der Waals surface area contributed by atoms with Crippen LogP contribution in [0.3, 0.4) is 0 Å². The third-order valence-corrected chi connectivity index (χ3v) is 8.30. The summed E-state index contributed by atoms with van der Waals surface area (Å²) in [6, 6.07) is 16.4. The van der Waals surface area contributed by atoms with Gasteiger partial charge in [-0.05, 0) is 17.7 Å². The molecule has 2 aromatic rings. The van der Waals surface area contributed by atoms with E-state index in [2.05, 4.69) is 0 Å². The average molecular weight is 497 g/mol. The van der Waals surface area contributed by atoms with Crippen LogP contribution in [0.25, 0.3) is 0 Å². The Morgan fingerprint density at radius 1 is 0.969 bits per heavy atom. The number of hydrogen-bond donors (Lipinski definition) is 0. The zero-order chi connectivity index (χ0) is 23.0. The van der Waals surface area contributed by atoms with E-state index in [1.165, 1.54) is 21.0 Å². The van der Waals surface area contributed by atoms with Crippen LogP contribution in [0.2, 0.25) is 5.02 Å². The van der Waals surface area contributed by atoms with Crippen LogP contribution >= 0.6 is 23.4 Å². The summed E-state index contributed by atoms with van der Waals surface area (Å²) in [5.74, 6) is -0.348. The molecule has 32 heavy (non-hydrogen) atoms. The lowest BCUT2D eigenvalue weighted by Gasteiger charge is -2.33. The van der Waals surface area contributed by atoms with Gasteiger partial charge in [0.15, 0.2) is 6.61 Å². The van der Waals surface area contributed by atoms with Crippen LogP contribution in [0.4, 0.5) is 0 Å². The van der Waals surface area contributed by atoms with Gasteiger partial charge in [-0.1, -0.05) is 54.1 Å². The van der Waals surface area contributed by atoms with E-state index in [0.29, 0.717) is 10.8 Å². The highest BCUT2D eigenvalue weighted by atomic mass is 35.5. The fraction of sp³-hybridized carbons (Fsp3) is 0.364. The minimum Gasteiger partial charge on any atom is -0.456 e. The van der Waals surface area contributed by atoms with Gasteiger partial charge in [-0.25, -0.2) is 8.42 Å². The number of carbonyl (C=O) groups is 2. The number of amides is 1. The van der Waals surface area contributed by atoms with Crippen molar-refractivity contribution < 1.29 is 22.7 Å². The second-order valence-corrected chi connectivity index (χ2v) is 10.7. The number of thioether (sulfide) groups is 1. The lowest BCUT2D eigenvalue weighted by Crippen LogP contribution is -2.51. The summed E-state index contributed by atoms with van der Waals surface area (Å²) in [7, 11) is -3.45. The van der Waals surface area contributed by atoms with Crippen molar-refractivity contribution in [1.82, 2.24) is 9.21 Å². The Balaban J connectivity index is 1.37. The molecule has 1 saturated heterocycles. The summed E-state index contributed by atoms with van der Waals surface area (Å²) >= 11 is 7.53. The number of rotatable bonds is 9. The van der Waals surface area contributed by atoms with Crippen molar-refractivity contribution in [1.29, 1.82) is 0 Å². The Kier molecular flexibility index (Phi) is 8.98. The van der Waals surface area contributed by atoms with Crippen molar-refractivity contribution in [2.45, 2.75) is 17.1 Å². The minimum absolute atomic E-state index is 0.0639. The van der Waals surface area contributed by atoms with Crippen molar-refractivity contribution in [2.24, 2.45) is 0 Å². The lowest BCUT2D eigenvalue weighted by molar-refractivity contribution is -0.152. The third-order valence-electron chi connectivity index (χ3n) is 4.93. The van der Waals surface area contributed by atoms with Crippen LogP contribution in [0.1, 0.15) is 12.0 Å². The third kappa shape index (κ3) is 7.23. The largest absolute Gasteiger partial charge is 0.456 e. The smallest absolute Gasteiger partial charge is 0.307 e. The molecule has 1 fully saturated rings. The number of hydrogen-bond acceptors (Lipinski definition) is 6. The van der Waals surface area contributed by atoms with Gasteiger partial charge in [-0.2, -0.15) is 4.31 Å². The van der Waals surface area contributed by atoms with Gasteiger partial charge in [0.25, 0.3) is 5.91 Å². The SMILES string of the molecule is O=C(CCSc1ccccc1Cl)OCC(=O)N1CCN(S(=O)(=O)Cc2ccccc2)CC1. The Morgan fingerprint density at radius 2 is 1.62 bits per heavy atom. The van der Waals surface area contributed by atoms with E-state index in [1.54, 1.807) is 30.3 Å². The number of nitrogens with zero attached hydrogens (tertiary/aromatic N) is 2. The number of benzene rings is 2. The zero-order valence-electron chi connectivity index (χ0n) is 17.5. The second-order valence-electron chi connectivity index (χ2n) is 7.21. The molecule has 172 valence electrons. The molecule has 10 heteroatoms. The summed E-state index contributed by atoms with van der Waals surface area (Å²) in [6.07, 6.45) is 0.161. The van der Waals surface area contributed by atoms with Gasteiger partial charge in [0.1, 0.15) is 0 Å². The first-order chi connectivity index (χ1) is 15.3. The van der Waals surface area contributed by atoms with Gasteiger partial charge in [-0.3, -0.25) is 9.59 Å². The normalized spacial score (nSPS) is 14.8. The van der Waals surface area contributed by atoms with Crippen molar-refractivity contribution in [3.63, 3.8) is 0 Å². The van der Waals surface area contributed by atoms with Crippen LogP contribution in [-0.4, -0.2) is 68.0 Å². The van der Waals surface area contributed by atoms with Crippen molar-refractivity contribution >= 4 is 45.3 Å². The van der Waals surface area contributed by atoms with Gasteiger partial charge >= 0.3 is 5.97 Å². The molecular formula is C22H25ClN2O5S2. The summed E-state index contributed by atoms with van der Waals surface area (Å²) in [4.78, 5) is 26.7. The molecule has 0 radical (unpaired) electrons. The summed E-state index contributed by atoms with van der Waals surface area (Å²) in [5.41, 5.74) is 0.727. The molecule has 1 heterocycles. The summed E-state index contributed by atoms with van der Waals surface area (Å²) in [5, 5.41) is 0.631. The highest BCUT2D eigenvalue weighted by Crippen LogP contribution is 2.27. The Morgan fingerprint density at radius 3 is 2.31 bits per heavy atom. The van der Waals surface area contributed by atoms with Crippen LogP contribution < -0.4 is 0 Å². The monoisotopic (exact) mass is 496 g/mol. The maximum absolute atomic E-state index is 12.6. The van der Waals surface area contributed by atoms with Gasteiger partial charge < -0.3 is 9.64 Å². The first-order valence-electron chi connectivity index (χ1n) is 10.2.